The minimum atomic E-state index is 0.598. The van der Waals surface area contributed by atoms with Crippen molar-refractivity contribution in [1.82, 2.24) is 15.0 Å². The lowest BCUT2D eigenvalue weighted by Crippen LogP contribution is -2.00. The van der Waals surface area contributed by atoms with Crippen molar-refractivity contribution in [3.63, 3.8) is 0 Å². The maximum atomic E-state index is 6.51. The van der Waals surface area contributed by atoms with E-state index < -0.39 is 0 Å². The molecule has 0 saturated heterocycles. The Morgan fingerprint density at radius 1 is 0.306 bits per heavy atom. The third kappa shape index (κ3) is 5.45. The van der Waals surface area contributed by atoms with Crippen LogP contribution in [0, 0.1) is 0 Å². The van der Waals surface area contributed by atoms with Crippen molar-refractivity contribution in [3.05, 3.63) is 176 Å². The molecule has 0 unspecified atom stereocenters. The summed E-state index contributed by atoms with van der Waals surface area (Å²) in [5.41, 5.74) is 11.4. The Labute approximate surface area is 284 Å². The molecule has 0 aliphatic carbocycles. The maximum Gasteiger partial charge on any atom is 0.164 e. The quantitative estimate of drug-likeness (QED) is 0.184. The molecule has 9 aromatic rings. The monoisotopic (exact) mass is 627 g/mol. The third-order valence-corrected chi connectivity index (χ3v) is 8.93. The van der Waals surface area contributed by atoms with Crippen molar-refractivity contribution in [2.45, 2.75) is 0 Å². The topological polar surface area (TPSA) is 51.8 Å². The number of hydrogen-bond donors (Lipinski definition) is 0. The first-order valence-electron chi connectivity index (χ1n) is 16.4. The number of hydrogen-bond acceptors (Lipinski definition) is 4. The smallest absolute Gasteiger partial charge is 0.164 e. The van der Waals surface area contributed by atoms with E-state index in [9.17, 15) is 0 Å². The van der Waals surface area contributed by atoms with Crippen LogP contribution in [0.1, 0.15) is 0 Å². The summed E-state index contributed by atoms with van der Waals surface area (Å²) in [5.74, 6) is 1.86. The lowest BCUT2D eigenvalue weighted by molar-refractivity contribution is 0.669. The second kappa shape index (κ2) is 12.2. The molecule has 0 aliphatic heterocycles. The van der Waals surface area contributed by atoms with Gasteiger partial charge in [0.1, 0.15) is 11.2 Å². The van der Waals surface area contributed by atoms with Gasteiger partial charge in [0.25, 0.3) is 0 Å². The van der Waals surface area contributed by atoms with E-state index in [0.29, 0.717) is 17.5 Å². The van der Waals surface area contributed by atoms with Crippen molar-refractivity contribution in [2.75, 3.05) is 0 Å². The van der Waals surface area contributed by atoms with Crippen molar-refractivity contribution in [2.24, 2.45) is 0 Å². The molecule has 2 heterocycles. The van der Waals surface area contributed by atoms with Crippen molar-refractivity contribution < 1.29 is 4.42 Å². The van der Waals surface area contributed by atoms with Gasteiger partial charge in [0.15, 0.2) is 17.5 Å². The molecule has 0 fully saturated rings. The zero-order valence-electron chi connectivity index (χ0n) is 26.5. The molecule has 0 N–H and O–H groups in total. The number of furan rings is 1. The predicted molar refractivity (Wildman–Crippen MR) is 200 cm³/mol. The van der Waals surface area contributed by atoms with Crippen LogP contribution in [0.5, 0.6) is 0 Å². The Morgan fingerprint density at radius 2 is 0.776 bits per heavy atom. The highest BCUT2D eigenvalue weighted by Crippen LogP contribution is 2.39. The molecule has 9 rings (SSSR count). The van der Waals surface area contributed by atoms with Crippen molar-refractivity contribution >= 4 is 21.9 Å². The highest BCUT2D eigenvalue weighted by Gasteiger charge is 2.17. The Bertz CT molecular complexity index is 2540. The van der Waals surface area contributed by atoms with Gasteiger partial charge in [-0.25, -0.2) is 15.0 Å². The van der Waals surface area contributed by atoms with Gasteiger partial charge >= 0.3 is 0 Å². The number of fused-ring (bicyclic) bond motifs is 3. The van der Waals surface area contributed by atoms with Gasteiger partial charge in [-0.2, -0.15) is 0 Å². The lowest BCUT2D eigenvalue weighted by Gasteiger charge is -2.10. The highest BCUT2D eigenvalue weighted by atomic mass is 16.3. The van der Waals surface area contributed by atoms with Crippen LogP contribution in [0.15, 0.2) is 180 Å². The molecule has 0 radical (unpaired) electrons. The average Bonchev–Trinajstić information content (AvgIpc) is 3.57. The van der Waals surface area contributed by atoms with Gasteiger partial charge in [0.05, 0.1) is 0 Å². The first kappa shape index (κ1) is 28.6. The molecule has 0 aliphatic rings. The molecule has 0 bridgehead atoms. The first-order chi connectivity index (χ1) is 24.3. The minimum absolute atomic E-state index is 0.598. The second-order valence-electron chi connectivity index (χ2n) is 12.1. The van der Waals surface area contributed by atoms with E-state index in [-0.39, 0.29) is 0 Å². The Balaban J connectivity index is 1.13. The maximum absolute atomic E-state index is 6.51. The van der Waals surface area contributed by atoms with Crippen LogP contribution in [0.3, 0.4) is 0 Å². The van der Waals surface area contributed by atoms with E-state index in [1.807, 2.05) is 78.9 Å². The number of rotatable bonds is 6. The number of aromatic nitrogens is 3. The molecular formula is C45H29N3O. The molecule has 2 aromatic heterocycles. The van der Waals surface area contributed by atoms with Gasteiger partial charge in [0, 0.05) is 27.5 Å². The molecule has 0 spiro atoms. The summed E-state index contributed by atoms with van der Waals surface area (Å²) in [6, 6.07) is 60.6. The molecule has 49 heavy (non-hydrogen) atoms. The van der Waals surface area contributed by atoms with Gasteiger partial charge < -0.3 is 4.42 Å². The van der Waals surface area contributed by atoms with Crippen LogP contribution in [-0.4, -0.2) is 15.0 Å². The summed E-state index contributed by atoms with van der Waals surface area (Å²) >= 11 is 0. The van der Waals surface area contributed by atoms with E-state index in [2.05, 4.69) is 97.1 Å². The summed E-state index contributed by atoms with van der Waals surface area (Å²) < 4.78 is 6.51. The van der Waals surface area contributed by atoms with E-state index in [0.717, 1.165) is 49.8 Å². The molecule has 0 atom stereocenters. The van der Waals surface area contributed by atoms with Gasteiger partial charge in [-0.05, 0) is 63.7 Å². The summed E-state index contributed by atoms with van der Waals surface area (Å²) in [6.07, 6.45) is 0. The zero-order chi connectivity index (χ0) is 32.6. The lowest BCUT2D eigenvalue weighted by atomic mass is 9.94. The average molecular weight is 628 g/mol. The fraction of sp³-hybridized carbons (Fsp3) is 0. The van der Waals surface area contributed by atoms with Crippen LogP contribution in [0.2, 0.25) is 0 Å². The standard InChI is InChI=1S/C45H29N3O/c1-4-13-30(14-5-1)33-19-10-20-34(27-33)35-21-11-22-36(28-35)38-23-12-24-40-42(38)39-26-25-37(29-41(39)49-40)45-47-43(31-15-6-2-7-16-31)46-44(48-45)32-17-8-3-9-18-32/h1-29H. The van der Waals surface area contributed by atoms with Crippen LogP contribution < -0.4 is 0 Å². The Hall–Kier alpha value is -6.65. The van der Waals surface area contributed by atoms with E-state index in [1.165, 1.54) is 22.3 Å². The van der Waals surface area contributed by atoms with Gasteiger partial charge in [-0.1, -0.05) is 146 Å². The van der Waals surface area contributed by atoms with E-state index in [1.54, 1.807) is 0 Å². The fourth-order valence-electron chi connectivity index (χ4n) is 6.52. The number of nitrogens with zero attached hydrogens (tertiary/aromatic N) is 3. The SMILES string of the molecule is c1ccc(-c2cccc(-c3cccc(-c4cccc5oc6cc(-c7nc(-c8ccccc8)nc(-c8ccccc8)n7)ccc6c45)c3)c2)cc1. The van der Waals surface area contributed by atoms with Crippen LogP contribution >= 0.6 is 0 Å². The van der Waals surface area contributed by atoms with E-state index >= 15 is 0 Å². The third-order valence-electron chi connectivity index (χ3n) is 8.93. The molecule has 4 heteroatoms. The normalized spacial score (nSPS) is 11.3. The van der Waals surface area contributed by atoms with Crippen LogP contribution in [0.4, 0.5) is 0 Å². The van der Waals surface area contributed by atoms with Crippen molar-refractivity contribution in [1.29, 1.82) is 0 Å². The van der Waals surface area contributed by atoms with Crippen molar-refractivity contribution in [3.8, 4) is 67.5 Å². The molecule has 0 amide bonds. The van der Waals surface area contributed by atoms with Gasteiger partial charge in [0.2, 0.25) is 0 Å². The summed E-state index contributed by atoms with van der Waals surface area (Å²) in [6.45, 7) is 0. The molecule has 230 valence electrons. The highest BCUT2D eigenvalue weighted by molar-refractivity contribution is 6.13. The Kier molecular flexibility index (Phi) is 7.10. The van der Waals surface area contributed by atoms with Gasteiger partial charge in [-0.15, -0.1) is 0 Å². The Morgan fingerprint density at radius 3 is 1.39 bits per heavy atom. The number of benzene rings is 7. The van der Waals surface area contributed by atoms with E-state index in [4.69, 9.17) is 19.4 Å². The summed E-state index contributed by atoms with van der Waals surface area (Å²) in [4.78, 5) is 14.7. The zero-order valence-corrected chi connectivity index (χ0v) is 26.5. The predicted octanol–water partition coefficient (Wildman–Crippen LogP) is 11.8. The first-order valence-corrected chi connectivity index (χ1v) is 16.4. The summed E-state index contributed by atoms with van der Waals surface area (Å²) in [7, 11) is 0. The van der Waals surface area contributed by atoms with Crippen LogP contribution in [-0.2, 0) is 0 Å². The molecule has 4 nitrogen and oxygen atoms in total. The summed E-state index contributed by atoms with van der Waals surface area (Å²) in [5, 5.41) is 2.14. The van der Waals surface area contributed by atoms with Gasteiger partial charge in [-0.3, -0.25) is 0 Å². The second-order valence-corrected chi connectivity index (χ2v) is 12.1. The minimum Gasteiger partial charge on any atom is -0.456 e. The van der Waals surface area contributed by atoms with Crippen LogP contribution in [0.25, 0.3) is 89.5 Å². The molecule has 0 saturated carbocycles. The largest absolute Gasteiger partial charge is 0.456 e. The molecular weight excluding hydrogens is 599 g/mol. The molecule has 7 aromatic carbocycles. The fourth-order valence-corrected chi connectivity index (χ4v) is 6.52.